The Balaban J connectivity index is 1.59. The van der Waals surface area contributed by atoms with Gasteiger partial charge in [0, 0.05) is 30.0 Å². The fourth-order valence-electron chi connectivity index (χ4n) is 3.80. The topological polar surface area (TPSA) is 20.3 Å². The van der Waals surface area contributed by atoms with E-state index >= 15 is 0 Å². The van der Waals surface area contributed by atoms with Crippen molar-refractivity contribution in [3.8, 4) is 0 Å². The van der Waals surface area contributed by atoms with Gasteiger partial charge in [0.15, 0.2) is 5.78 Å². The number of benzene rings is 2. The van der Waals surface area contributed by atoms with Gasteiger partial charge < -0.3 is 4.90 Å². The zero-order valence-corrected chi connectivity index (χ0v) is 13.3. The standard InChI is InChI=1S/C20H22FNO/c21-19-10-9-18(16-5-1-2-6-17(16)19)20(23)15-4-3-11-22(13-15)12-14-7-8-14/h1-2,5-6,9-10,14-15H,3-4,7-8,11-13H2. The van der Waals surface area contributed by atoms with Crippen LogP contribution in [0.25, 0.3) is 10.8 Å². The Morgan fingerprint density at radius 2 is 1.87 bits per heavy atom. The molecule has 23 heavy (non-hydrogen) atoms. The van der Waals surface area contributed by atoms with Gasteiger partial charge in [0.2, 0.25) is 0 Å². The van der Waals surface area contributed by atoms with E-state index in [9.17, 15) is 9.18 Å². The normalized spacial score (nSPS) is 22.4. The molecule has 4 rings (SSSR count). The molecule has 0 amide bonds. The Bertz CT molecular complexity index is 737. The van der Waals surface area contributed by atoms with Crippen LogP contribution in [-0.2, 0) is 0 Å². The molecule has 120 valence electrons. The van der Waals surface area contributed by atoms with E-state index in [1.807, 2.05) is 18.2 Å². The first kappa shape index (κ1) is 14.8. The minimum Gasteiger partial charge on any atom is -0.302 e. The van der Waals surface area contributed by atoms with E-state index in [-0.39, 0.29) is 17.5 Å². The van der Waals surface area contributed by atoms with Gasteiger partial charge in [0.1, 0.15) is 5.82 Å². The third-order valence-electron chi connectivity index (χ3n) is 5.23. The Morgan fingerprint density at radius 3 is 2.65 bits per heavy atom. The summed E-state index contributed by atoms with van der Waals surface area (Å²) in [5.74, 6) is 0.838. The van der Waals surface area contributed by atoms with Crippen molar-refractivity contribution in [2.75, 3.05) is 19.6 Å². The second-order valence-corrected chi connectivity index (χ2v) is 7.05. The van der Waals surface area contributed by atoms with Gasteiger partial charge >= 0.3 is 0 Å². The summed E-state index contributed by atoms with van der Waals surface area (Å²) in [6.45, 7) is 3.12. The average molecular weight is 311 g/mol. The van der Waals surface area contributed by atoms with Crippen LogP contribution in [0.15, 0.2) is 36.4 Å². The largest absolute Gasteiger partial charge is 0.302 e. The quantitative estimate of drug-likeness (QED) is 0.785. The Kier molecular flexibility index (Phi) is 3.90. The molecule has 2 aromatic rings. The summed E-state index contributed by atoms with van der Waals surface area (Å²) in [6.07, 6.45) is 4.73. The number of carbonyl (C=O) groups is 1. The SMILES string of the molecule is O=C(c1ccc(F)c2ccccc12)C1CCCN(CC2CC2)C1. The number of carbonyl (C=O) groups excluding carboxylic acids is 1. The van der Waals surface area contributed by atoms with E-state index < -0.39 is 0 Å². The highest BCUT2D eigenvalue weighted by molar-refractivity contribution is 6.09. The van der Waals surface area contributed by atoms with Gasteiger partial charge in [-0.2, -0.15) is 0 Å². The van der Waals surface area contributed by atoms with Crippen LogP contribution in [0.5, 0.6) is 0 Å². The van der Waals surface area contributed by atoms with Crippen molar-refractivity contribution >= 4 is 16.6 Å². The lowest BCUT2D eigenvalue weighted by Crippen LogP contribution is -2.39. The van der Waals surface area contributed by atoms with Gasteiger partial charge in [-0.15, -0.1) is 0 Å². The number of hydrogen-bond donors (Lipinski definition) is 0. The molecule has 0 N–H and O–H groups in total. The number of ketones is 1. The lowest BCUT2D eigenvalue weighted by molar-refractivity contribution is 0.0816. The summed E-state index contributed by atoms with van der Waals surface area (Å²) >= 11 is 0. The van der Waals surface area contributed by atoms with Crippen LogP contribution in [0.2, 0.25) is 0 Å². The van der Waals surface area contributed by atoms with Crippen LogP contribution < -0.4 is 0 Å². The molecule has 0 bridgehead atoms. The second kappa shape index (κ2) is 6.04. The maximum Gasteiger partial charge on any atom is 0.167 e. The first-order valence-electron chi connectivity index (χ1n) is 8.66. The number of Topliss-reactive ketones (excluding diaryl/α,β-unsaturated/α-hetero) is 1. The summed E-state index contributed by atoms with van der Waals surface area (Å²) in [5.41, 5.74) is 0.681. The van der Waals surface area contributed by atoms with Crippen LogP contribution in [-0.4, -0.2) is 30.3 Å². The van der Waals surface area contributed by atoms with E-state index in [1.165, 1.54) is 18.9 Å². The Hall–Kier alpha value is -1.74. The van der Waals surface area contributed by atoms with Crippen molar-refractivity contribution in [1.82, 2.24) is 4.90 Å². The molecule has 1 saturated carbocycles. The summed E-state index contributed by atoms with van der Waals surface area (Å²) < 4.78 is 14.0. The molecule has 1 heterocycles. The van der Waals surface area contributed by atoms with Crippen molar-refractivity contribution in [2.45, 2.75) is 25.7 Å². The van der Waals surface area contributed by atoms with E-state index in [0.717, 1.165) is 43.8 Å². The average Bonchev–Trinajstić information content (AvgIpc) is 3.39. The maximum atomic E-state index is 14.0. The number of piperidine rings is 1. The van der Waals surface area contributed by atoms with E-state index in [2.05, 4.69) is 4.90 Å². The smallest absolute Gasteiger partial charge is 0.167 e. The van der Waals surface area contributed by atoms with Crippen molar-refractivity contribution in [2.24, 2.45) is 11.8 Å². The van der Waals surface area contributed by atoms with Gasteiger partial charge in [-0.3, -0.25) is 4.79 Å². The third kappa shape index (κ3) is 3.02. The van der Waals surface area contributed by atoms with Crippen molar-refractivity contribution in [1.29, 1.82) is 0 Å². The van der Waals surface area contributed by atoms with Crippen LogP contribution in [0, 0.1) is 17.7 Å². The highest BCUT2D eigenvalue weighted by Gasteiger charge is 2.31. The molecule has 0 spiro atoms. The lowest BCUT2D eigenvalue weighted by atomic mass is 9.87. The number of fused-ring (bicyclic) bond motifs is 1. The number of hydrogen-bond acceptors (Lipinski definition) is 2. The van der Waals surface area contributed by atoms with Crippen LogP contribution >= 0.6 is 0 Å². The highest BCUT2D eigenvalue weighted by atomic mass is 19.1. The van der Waals surface area contributed by atoms with Crippen LogP contribution in [0.1, 0.15) is 36.0 Å². The molecule has 2 fully saturated rings. The first-order chi connectivity index (χ1) is 11.2. The van der Waals surface area contributed by atoms with Gasteiger partial charge in [0.05, 0.1) is 0 Å². The Morgan fingerprint density at radius 1 is 1.09 bits per heavy atom. The molecule has 1 aliphatic carbocycles. The van der Waals surface area contributed by atoms with Crippen molar-refractivity contribution in [3.05, 3.63) is 47.8 Å². The first-order valence-corrected chi connectivity index (χ1v) is 8.66. The second-order valence-electron chi connectivity index (χ2n) is 7.05. The van der Waals surface area contributed by atoms with Crippen LogP contribution in [0.3, 0.4) is 0 Å². The molecule has 2 nitrogen and oxygen atoms in total. The maximum absolute atomic E-state index is 14.0. The molecule has 2 aromatic carbocycles. The third-order valence-corrected chi connectivity index (χ3v) is 5.23. The van der Waals surface area contributed by atoms with E-state index in [1.54, 1.807) is 12.1 Å². The van der Waals surface area contributed by atoms with Crippen molar-refractivity contribution < 1.29 is 9.18 Å². The molecule has 1 unspecified atom stereocenters. The summed E-state index contributed by atoms with van der Waals surface area (Å²) in [7, 11) is 0. The number of likely N-dealkylation sites (tertiary alicyclic amines) is 1. The lowest BCUT2D eigenvalue weighted by Gasteiger charge is -2.32. The van der Waals surface area contributed by atoms with Gasteiger partial charge in [-0.05, 0) is 55.7 Å². The zero-order chi connectivity index (χ0) is 15.8. The molecular formula is C20H22FNO. The predicted octanol–water partition coefficient (Wildman–Crippen LogP) is 4.28. The molecule has 1 atom stereocenters. The summed E-state index contributed by atoms with van der Waals surface area (Å²) in [5, 5.41) is 1.29. The number of rotatable bonds is 4. The molecule has 1 saturated heterocycles. The molecular weight excluding hydrogens is 289 g/mol. The fourth-order valence-corrected chi connectivity index (χ4v) is 3.80. The minimum atomic E-state index is -0.254. The summed E-state index contributed by atoms with van der Waals surface area (Å²) in [6, 6.07) is 10.4. The molecule has 1 aliphatic heterocycles. The molecule has 0 radical (unpaired) electrons. The molecule has 2 aliphatic rings. The summed E-state index contributed by atoms with van der Waals surface area (Å²) in [4.78, 5) is 15.5. The van der Waals surface area contributed by atoms with Gasteiger partial charge in [-0.25, -0.2) is 4.39 Å². The van der Waals surface area contributed by atoms with Gasteiger partial charge in [-0.1, -0.05) is 24.3 Å². The predicted molar refractivity (Wildman–Crippen MR) is 90.1 cm³/mol. The highest BCUT2D eigenvalue weighted by Crippen LogP contribution is 2.32. The van der Waals surface area contributed by atoms with Gasteiger partial charge in [0.25, 0.3) is 0 Å². The number of nitrogens with zero attached hydrogens (tertiary/aromatic N) is 1. The van der Waals surface area contributed by atoms with Crippen LogP contribution in [0.4, 0.5) is 4.39 Å². The minimum absolute atomic E-state index is 0.0522. The Labute approximate surface area is 136 Å². The molecule has 0 aromatic heterocycles. The monoisotopic (exact) mass is 311 g/mol. The molecule has 3 heteroatoms. The van der Waals surface area contributed by atoms with E-state index in [0.29, 0.717) is 10.9 Å². The number of halogens is 1. The zero-order valence-electron chi connectivity index (χ0n) is 13.3. The fraction of sp³-hybridized carbons (Fsp3) is 0.450. The van der Waals surface area contributed by atoms with E-state index in [4.69, 9.17) is 0 Å². The van der Waals surface area contributed by atoms with Crippen molar-refractivity contribution in [3.63, 3.8) is 0 Å².